The first-order valence-electron chi connectivity index (χ1n) is 7.56. The maximum Gasteiger partial charge on any atom is 0.412 e. The maximum absolute atomic E-state index is 12.1. The van der Waals surface area contributed by atoms with Gasteiger partial charge in [-0.05, 0) is 32.9 Å². The van der Waals surface area contributed by atoms with E-state index in [1.165, 1.54) is 18.0 Å². The predicted octanol–water partition coefficient (Wildman–Crippen LogP) is 3.14. The first kappa shape index (κ1) is 18.3. The van der Waals surface area contributed by atoms with Gasteiger partial charge in [-0.15, -0.1) is 0 Å². The van der Waals surface area contributed by atoms with Gasteiger partial charge in [0.1, 0.15) is 16.9 Å². The molecule has 0 spiro atoms. The van der Waals surface area contributed by atoms with Crippen LogP contribution in [0.5, 0.6) is 5.75 Å². The smallest absolute Gasteiger partial charge is 0.412 e. The van der Waals surface area contributed by atoms with E-state index in [9.17, 15) is 14.7 Å². The zero-order valence-electron chi connectivity index (χ0n) is 14.8. The molecule has 2 rings (SSSR count). The molecule has 0 fully saturated rings. The van der Waals surface area contributed by atoms with Crippen LogP contribution in [0.25, 0.3) is 11.3 Å². The number of methoxy groups -OCH3 is 1. The normalized spacial score (nSPS) is 11.1. The summed E-state index contributed by atoms with van der Waals surface area (Å²) in [6.07, 6.45) is 0.611. The fourth-order valence-electron chi connectivity index (χ4n) is 2.29. The molecular weight excluding hydrogens is 326 g/mol. The van der Waals surface area contributed by atoms with Crippen LogP contribution in [0.2, 0.25) is 0 Å². The van der Waals surface area contributed by atoms with Crippen molar-refractivity contribution in [2.45, 2.75) is 26.4 Å². The Kier molecular flexibility index (Phi) is 5.01. The maximum atomic E-state index is 12.1. The molecule has 0 saturated carbocycles. The van der Waals surface area contributed by atoms with Crippen LogP contribution in [0, 0.1) is 0 Å². The van der Waals surface area contributed by atoms with Crippen molar-refractivity contribution in [3.05, 3.63) is 30.0 Å². The molecule has 8 heteroatoms. The molecule has 0 bridgehead atoms. The molecule has 2 N–H and O–H groups in total. The minimum Gasteiger partial charge on any atom is -0.497 e. The topological polar surface area (TPSA) is 103 Å². The summed E-state index contributed by atoms with van der Waals surface area (Å²) >= 11 is 0. The average molecular weight is 347 g/mol. The molecule has 134 valence electrons. The van der Waals surface area contributed by atoms with Crippen molar-refractivity contribution in [3.8, 4) is 17.0 Å². The number of rotatable bonds is 4. The lowest BCUT2D eigenvalue weighted by Gasteiger charge is -2.21. The van der Waals surface area contributed by atoms with Crippen LogP contribution in [-0.2, 0) is 11.8 Å². The average Bonchev–Trinajstić information content (AvgIpc) is 2.87. The van der Waals surface area contributed by atoms with Crippen LogP contribution in [0.4, 0.5) is 10.5 Å². The van der Waals surface area contributed by atoms with E-state index in [-0.39, 0.29) is 5.56 Å². The van der Waals surface area contributed by atoms with Gasteiger partial charge < -0.3 is 14.6 Å². The first-order chi connectivity index (χ1) is 11.6. The highest BCUT2D eigenvalue weighted by Crippen LogP contribution is 2.33. The number of aromatic carboxylic acids is 1. The van der Waals surface area contributed by atoms with Crippen LogP contribution in [0.15, 0.2) is 24.4 Å². The minimum absolute atomic E-state index is 0.0277. The van der Waals surface area contributed by atoms with Gasteiger partial charge in [0, 0.05) is 18.7 Å². The Morgan fingerprint density at radius 1 is 1.28 bits per heavy atom. The quantitative estimate of drug-likeness (QED) is 0.881. The monoisotopic (exact) mass is 347 g/mol. The summed E-state index contributed by atoms with van der Waals surface area (Å²) < 4.78 is 11.9. The standard InChI is InChI=1S/C17H21N3O5/c1-17(2,3)25-16(23)19-13-8-10(24-5)6-7-11(13)14-12(15(21)22)9-18-20(14)4/h6-9H,1-5H3,(H,19,23)(H,21,22). The SMILES string of the molecule is COc1ccc(-c2c(C(=O)O)cnn2C)c(NC(=O)OC(C)(C)C)c1. The highest BCUT2D eigenvalue weighted by molar-refractivity contribution is 5.99. The zero-order chi connectivity index (χ0) is 18.8. The van der Waals surface area contributed by atoms with Crippen molar-refractivity contribution in [3.63, 3.8) is 0 Å². The van der Waals surface area contributed by atoms with Gasteiger partial charge in [0.15, 0.2) is 0 Å². The minimum atomic E-state index is -1.11. The fourth-order valence-corrected chi connectivity index (χ4v) is 2.29. The summed E-state index contributed by atoms with van der Waals surface area (Å²) in [4.78, 5) is 23.6. The number of aromatic nitrogens is 2. The Bertz CT molecular complexity index is 805. The number of carboxylic acid groups (broad SMARTS) is 1. The van der Waals surface area contributed by atoms with Gasteiger partial charge in [0.2, 0.25) is 0 Å². The Balaban J connectivity index is 2.51. The van der Waals surface area contributed by atoms with Gasteiger partial charge in [-0.1, -0.05) is 0 Å². The molecule has 1 aromatic carbocycles. The van der Waals surface area contributed by atoms with Crippen molar-refractivity contribution in [2.75, 3.05) is 12.4 Å². The molecule has 2 aromatic rings. The number of aryl methyl sites for hydroxylation is 1. The van der Waals surface area contributed by atoms with E-state index < -0.39 is 17.7 Å². The molecule has 0 aliphatic carbocycles. The summed E-state index contributed by atoms with van der Waals surface area (Å²) in [6, 6.07) is 4.93. The van der Waals surface area contributed by atoms with E-state index in [0.29, 0.717) is 22.7 Å². The summed E-state index contributed by atoms with van der Waals surface area (Å²) in [5.74, 6) is -0.601. The molecule has 1 heterocycles. The van der Waals surface area contributed by atoms with E-state index in [2.05, 4.69) is 10.4 Å². The molecule has 25 heavy (non-hydrogen) atoms. The van der Waals surface area contributed by atoms with Gasteiger partial charge in [-0.3, -0.25) is 10.00 Å². The number of carbonyl (C=O) groups is 2. The van der Waals surface area contributed by atoms with E-state index >= 15 is 0 Å². The second kappa shape index (κ2) is 6.84. The Morgan fingerprint density at radius 2 is 1.96 bits per heavy atom. The number of nitrogens with one attached hydrogen (secondary N) is 1. The van der Waals surface area contributed by atoms with Crippen molar-refractivity contribution < 1.29 is 24.2 Å². The van der Waals surface area contributed by atoms with Crippen LogP contribution >= 0.6 is 0 Å². The molecule has 0 aliphatic rings. The summed E-state index contributed by atoms with van der Waals surface area (Å²) in [5.41, 5.74) is 0.576. The number of nitrogens with zero attached hydrogens (tertiary/aromatic N) is 2. The van der Waals surface area contributed by atoms with E-state index in [4.69, 9.17) is 9.47 Å². The summed E-state index contributed by atoms with van der Waals surface area (Å²) in [5, 5.41) is 16.0. The van der Waals surface area contributed by atoms with Gasteiger partial charge in [-0.25, -0.2) is 9.59 Å². The molecule has 0 radical (unpaired) electrons. The van der Waals surface area contributed by atoms with Crippen molar-refractivity contribution in [1.29, 1.82) is 0 Å². The molecule has 1 amide bonds. The number of carbonyl (C=O) groups excluding carboxylic acids is 1. The molecule has 0 aliphatic heterocycles. The molecule has 0 unspecified atom stereocenters. The van der Waals surface area contributed by atoms with Gasteiger partial charge in [0.05, 0.1) is 24.7 Å². The third-order valence-electron chi connectivity index (χ3n) is 3.29. The van der Waals surface area contributed by atoms with Crippen LogP contribution < -0.4 is 10.1 Å². The highest BCUT2D eigenvalue weighted by Gasteiger charge is 2.22. The fraction of sp³-hybridized carbons (Fsp3) is 0.353. The lowest BCUT2D eigenvalue weighted by molar-refractivity contribution is 0.0634. The Hall–Kier alpha value is -3.03. The number of hydrogen-bond acceptors (Lipinski definition) is 5. The number of ether oxygens (including phenoxy) is 2. The molecule has 0 saturated heterocycles. The van der Waals surface area contributed by atoms with Gasteiger partial charge >= 0.3 is 12.1 Å². The van der Waals surface area contributed by atoms with E-state index in [1.807, 2.05) is 0 Å². The molecular formula is C17H21N3O5. The van der Waals surface area contributed by atoms with Crippen LogP contribution in [-0.4, -0.2) is 39.7 Å². The number of amides is 1. The lowest BCUT2D eigenvalue weighted by Crippen LogP contribution is -2.27. The third kappa shape index (κ3) is 4.28. The Labute approximate surface area is 145 Å². The Morgan fingerprint density at radius 3 is 2.52 bits per heavy atom. The number of hydrogen-bond donors (Lipinski definition) is 2. The summed E-state index contributed by atoms with van der Waals surface area (Å²) in [6.45, 7) is 5.26. The van der Waals surface area contributed by atoms with Crippen molar-refractivity contribution in [1.82, 2.24) is 9.78 Å². The summed E-state index contributed by atoms with van der Waals surface area (Å²) in [7, 11) is 3.13. The predicted molar refractivity (Wildman–Crippen MR) is 92.0 cm³/mol. The molecule has 1 aromatic heterocycles. The van der Waals surface area contributed by atoms with Crippen LogP contribution in [0.3, 0.4) is 0 Å². The number of benzene rings is 1. The lowest BCUT2D eigenvalue weighted by atomic mass is 10.1. The van der Waals surface area contributed by atoms with Gasteiger partial charge in [0.25, 0.3) is 0 Å². The zero-order valence-corrected chi connectivity index (χ0v) is 14.8. The van der Waals surface area contributed by atoms with E-state index in [1.54, 1.807) is 46.0 Å². The van der Waals surface area contributed by atoms with Crippen molar-refractivity contribution >= 4 is 17.7 Å². The number of anilines is 1. The third-order valence-corrected chi connectivity index (χ3v) is 3.29. The second-order valence-electron chi connectivity index (χ2n) is 6.37. The molecule has 8 nitrogen and oxygen atoms in total. The van der Waals surface area contributed by atoms with Crippen LogP contribution in [0.1, 0.15) is 31.1 Å². The van der Waals surface area contributed by atoms with E-state index in [0.717, 1.165) is 0 Å². The van der Waals surface area contributed by atoms with Gasteiger partial charge in [-0.2, -0.15) is 5.10 Å². The first-order valence-corrected chi connectivity index (χ1v) is 7.56. The largest absolute Gasteiger partial charge is 0.497 e. The number of carboxylic acids is 1. The highest BCUT2D eigenvalue weighted by atomic mass is 16.6. The second-order valence-corrected chi connectivity index (χ2v) is 6.37. The van der Waals surface area contributed by atoms with Crippen molar-refractivity contribution in [2.24, 2.45) is 7.05 Å². The molecule has 0 atom stereocenters.